The lowest BCUT2D eigenvalue weighted by Gasteiger charge is -2.43. The van der Waals surface area contributed by atoms with Crippen LogP contribution in [0.15, 0.2) is 84.9 Å². The van der Waals surface area contributed by atoms with E-state index >= 15 is 0 Å². The Balaban J connectivity index is 2.30. The average molecular weight is 358 g/mol. The first-order valence-corrected chi connectivity index (χ1v) is 10.7. The highest BCUT2D eigenvalue weighted by Crippen LogP contribution is 2.39. The number of hydrogen-bond donors (Lipinski definition) is 0. The maximum Gasteiger partial charge on any atom is 0.318 e. The second-order valence-corrected chi connectivity index (χ2v) is 11.6. The van der Waals surface area contributed by atoms with Crippen molar-refractivity contribution in [2.45, 2.75) is 25.8 Å². The highest BCUT2D eigenvalue weighted by atomic mass is 28.4. The minimum atomic E-state index is -2.68. The Labute approximate surface area is 157 Å². The predicted molar refractivity (Wildman–Crippen MR) is 111 cm³/mol. The van der Waals surface area contributed by atoms with Gasteiger partial charge in [0.05, 0.1) is 6.57 Å². The van der Waals surface area contributed by atoms with Gasteiger partial charge in [0.25, 0.3) is 0 Å². The fourth-order valence-electron chi connectivity index (χ4n) is 3.45. The number of benzene rings is 3. The van der Waals surface area contributed by atoms with Crippen LogP contribution in [-0.4, -0.2) is 8.32 Å². The second kappa shape index (κ2) is 7.19. The van der Waals surface area contributed by atoms with Gasteiger partial charge in [-0.1, -0.05) is 99.6 Å². The molecule has 0 aromatic heterocycles. The van der Waals surface area contributed by atoms with E-state index in [2.05, 4.69) is 74.1 Å². The molecular formula is C23H23NOSi. The van der Waals surface area contributed by atoms with Crippen LogP contribution in [0, 0.1) is 6.57 Å². The quantitative estimate of drug-likeness (QED) is 0.463. The van der Waals surface area contributed by atoms with Crippen molar-refractivity contribution in [2.75, 3.05) is 0 Å². The van der Waals surface area contributed by atoms with E-state index in [1.165, 1.54) is 10.4 Å². The van der Waals surface area contributed by atoms with Gasteiger partial charge in [-0.2, -0.15) is 0 Å². The van der Waals surface area contributed by atoms with Crippen molar-refractivity contribution in [3.05, 3.63) is 96.3 Å². The molecule has 3 aromatic rings. The van der Waals surface area contributed by atoms with Gasteiger partial charge < -0.3 is 4.43 Å². The van der Waals surface area contributed by atoms with Crippen molar-refractivity contribution >= 4 is 24.4 Å². The Morgan fingerprint density at radius 1 is 0.731 bits per heavy atom. The van der Waals surface area contributed by atoms with Gasteiger partial charge in [0.15, 0.2) is 0 Å². The summed E-state index contributed by atoms with van der Waals surface area (Å²) < 4.78 is 6.89. The molecule has 3 rings (SSSR count). The van der Waals surface area contributed by atoms with E-state index in [1.54, 1.807) is 0 Å². The molecule has 0 unspecified atom stereocenters. The van der Waals surface area contributed by atoms with Crippen LogP contribution in [0.2, 0.25) is 5.04 Å². The fourth-order valence-corrected chi connectivity index (χ4v) is 7.88. The Bertz CT molecular complexity index is 869. The Morgan fingerprint density at radius 3 is 1.65 bits per heavy atom. The highest BCUT2D eigenvalue weighted by Gasteiger charge is 2.52. The third-order valence-electron chi connectivity index (χ3n) is 4.67. The van der Waals surface area contributed by atoms with Gasteiger partial charge in [0.1, 0.15) is 5.75 Å². The Kier molecular flexibility index (Phi) is 4.97. The normalized spacial score (nSPS) is 11.6. The van der Waals surface area contributed by atoms with Gasteiger partial charge in [-0.25, -0.2) is 4.85 Å². The first-order valence-electron chi connectivity index (χ1n) is 8.75. The number of rotatable bonds is 4. The molecule has 0 aliphatic carbocycles. The fraction of sp³-hybridized carbons (Fsp3) is 0.174. The van der Waals surface area contributed by atoms with Crippen LogP contribution in [0.25, 0.3) is 4.85 Å². The lowest BCUT2D eigenvalue weighted by atomic mass is 10.2. The molecule has 0 radical (unpaired) electrons. The number of para-hydroxylation sites is 2. The van der Waals surface area contributed by atoms with E-state index in [-0.39, 0.29) is 5.04 Å². The van der Waals surface area contributed by atoms with E-state index in [0.29, 0.717) is 11.4 Å². The van der Waals surface area contributed by atoms with Crippen LogP contribution in [0.1, 0.15) is 20.8 Å². The van der Waals surface area contributed by atoms with E-state index in [0.717, 1.165) is 0 Å². The standard InChI is InChI=1S/C23H23NOSi/c1-23(2,3)26(19-13-7-5-8-14-19,20-15-9-6-10-16-20)25-22-18-12-11-17-21(22)24-4/h5-18H,1-3H3. The molecule has 26 heavy (non-hydrogen) atoms. The largest absolute Gasteiger partial charge is 0.541 e. The van der Waals surface area contributed by atoms with Gasteiger partial charge in [-0.05, 0) is 21.5 Å². The monoisotopic (exact) mass is 357 g/mol. The molecule has 0 aliphatic heterocycles. The minimum absolute atomic E-state index is 0.120. The molecule has 0 aliphatic rings. The summed E-state index contributed by atoms with van der Waals surface area (Å²) in [5.41, 5.74) is 0.556. The van der Waals surface area contributed by atoms with Crippen LogP contribution in [-0.2, 0) is 0 Å². The molecule has 130 valence electrons. The van der Waals surface area contributed by atoms with Crippen molar-refractivity contribution in [2.24, 2.45) is 0 Å². The maximum absolute atomic E-state index is 7.52. The molecule has 0 heterocycles. The van der Waals surface area contributed by atoms with E-state index in [4.69, 9.17) is 11.0 Å². The lowest BCUT2D eigenvalue weighted by Crippen LogP contribution is -2.68. The topological polar surface area (TPSA) is 13.6 Å². The highest BCUT2D eigenvalue weighted by molar-refractivity contribution is 7.00. The lowest BCUT2D eigenvalue weighted by molar-refractivity contribution is 0.510. The summed E-state index contributed by atoms with van der Waals surface area (Å²) in [4.78, 5) is 3.67. The summed E-state index contributed by atoms with van der Waals surface area (Å²) in [5.74, 6) is 0.664. The Hall–Kier alpha value is -2.83. The smallest absolute Gasteiger partial charge is 0.318 e. The molecule has 0 saturated carbocycles. The van der Waals surface area contributed by atoms with Crippen molar-refractivity contribution in [3.63, 3.8) is 0 Å². The zero-order valence-corrected chi connectivity index (χ0v) is 16.4. The molecule has 3 aromatic carbocycles. The van der Waals surface area contributed by atoms with Crippen LogP contribution in [0.4, 0.5) is 5.69 Å². The molecule has 0 bridgehead atoms. The molecule has 0 atom stereocenters. The summed E-state index contributed by atoms with van der Waals surface area (Å²) in [6.45, 7) is 14.2. The SMILES string of the molecule is [C-]#[N+]c1ccccc1O[Si](c1ccccc1)(c1ccccc1)C(C)(C)C. The summed E-state index contributed by atoms with van der Waals surface area (Å²) in [5, 5.41) is 2.29. The number of hydrogen-bond acceptors (Lipinski definition) is 1. The van der Waals surface area contributed by atoms with Crippen LogP contribution in [0.3, 0.4) is 0 Å². The van der Waals surface area contributed by atoms with Crippen LogP contribution < -0.4 is 14.8 Å². The number of nitrogens with zero attached hydrogens (tertiary/aromatic N) is 1. The van der Waals surface area contributed by atoms with Crippen molar-refractivity contribution in [1.29, 1.82) is 0 Å². The van der Waals surface area contributed by atoms with E-state index in [9.17, 15) is 0 Å². The van der Waals surface area contributed by atoms with Gasteiger partial charge in [-0.15, -0.1) is 0 Å². The predicted octanol–water partition coefficient (Wildman–Crippen LogP) is 5.18. The Morgan fingerprint density at radius 2 is 1.19 bits per heavy atom. The first kappa shape index (κ1) is 18.0. The minimum Gasteiger partial charge on any atom is -0.541 e. The third-order valence-corrected chi connectivity index (χ3v) is 9.60. The molecule has 0 amide bonds. The molecular weight excluding hydrogens is 334 g/mol. The van der Waals surface area contributed by atoms with E-state index in [1.807, 2.05) is 36.4 Å². The zero-order valence-electron chi connectivity index (χ0n) is 15.4. The molecule has 0 spiro atoms. The molecule has 0 saturated heterocycles. The van der Waals surface area contributed by atoms with Gasteiger partial charge >= 0.3 is 8.32 Å². The van der Waals surface area contributed by atoms with Gasteiger partial charge in [0, 0.05) is 0 Å². The summed E-state index contributed by atoms with van der Waals surface area (Å²) >= 11 is 0. The van der Waals surface area contributed by atoms with Crippen LogP contribution in [0.5, 0.6) is 5.75 Å². The zero-order chi connectivity index (χ0) is 18.6. The summed E-state index contributed by atoms with van der Waals surface area (Å²) in [6, 6.07) is 28.5. The van der Waals surface area contributed by atoms with Crippen molar-refractivity contribution in [1.82, 2.24) is 0 Å². The summed E-state index contributed by atoms with van der Waals surface area (Å²) in [6.07, 6.45) is 0. The third kappa shape index (κ3) is 3.16. The van der Waals surface area contributed by atoms with Crippen LogP contribution >= 0.6 is 0 Å². The second-order valence-electron chi connectivity index (χ2n) is 7.34. The van der Waals surface area contributed by atoms with E-state index < -0.39 is 8.32 Å². The van der Waals surface area contributed by atoms with Gasteiger partial charge in [0.2, 0.25) is 5.69 Å². The summed E-state index contributed by atoms with van der Waals surface area (Å²) in [7, 11) is -2.68. The van der Waals surface area contributed by atoms with Crippen molar-refractivity contribution in [3.8, 4) is 5.75 Å². The molecule has 0 N–H and O–H groups in total. The van der Waals surface area contributed by atoms with Gasteiger partial charge in [-0.3, -0.25) is 0 Å². The van der Waals surface area contributed by atoms with Crippen molar-refractivity contribution < 1.29 is 4.43 Å². The first-order chi connectivity index (χ1) is 12.5. The average Bonchev–Trinajstić information content (AvgIpc) is 2.67. The molecule has 2 nitrogen and oxygen atoms in total. The maximum atomic E-state index is 7.52. The molecule has 0 fully saturated rings. The molecule has 3 heteroatoms.